The Morgan fingerprint density at radius 3 is 1.01 bits per heavy atom. The lowest BCUT2D eigenvalue weighted by Gasteiger charge is -2.25. The number of alkyl halides is 12. The Hall–Kier alpha value is -7.40. The molecule has 4 aromatic rings. The summed E-state index contributed by atoms with van der Waals surface area (Å²) in [5.74, 6) is -15.6. The molecule has 76 heavy (non-hydrogen) atoms. The molecule has 408 valence electrons. The van der Waals surface area contributed by atoms with Crippen molar-refractivity contribution in [1.29, 1.82) is 0 Å². The molecule has 2 aliphatic heterocycles. The Morgan fingerprint density at radius 2 is 0.724 bits per heavy atom. The first-order valence-corrected chi connectivity index (χ1v) is 23.3. The molecule has 2 aliphatic rings. The average Bonchev–Trinajstić information content (AvgIpc) is 3.56. The molecule has 6 atom stereocenters. The van der Waals surface area contributed by atoms with Gasteiger partial charge < -0.3 is 20.8 Å². The molecular weight excluding hydrogens is 1040 g/mol. The molecule has 6 rings (SSSR count). The molecule has 0 fully saturated rings. The van der Waals surface area contributed by atoms with E-state index < -0.39 is 147 Å². The standard InChI is InChI=1S/2C26H24F6N2O4/c2*27-25(28,29)12-10-18(19(24(37)38)11-13-26(30,31)32)23(36)34-22-20(35)14-16-8-4-5-9-17(16)21(33-22)15-6-2-1-3-7-15/h2*1-9,18-19,22H,10-14H2,(H,34,36)(H,37,38)/t18-,19+,22-;18-,19-,22-/m11/s1. The summed E-state index contributed by atoms with van der Waals surface area (Å²) in [5.41, 5.74) is 4.13. The Bertz CT molecular complexity index is 2580. The van der Waals surface area contributed by atoms with Gasteiger partial charge in [0.05, 0.1) is 35.1 Å². The van der Waals surface area contributed by atoms with Crippen molar-refractivity contribution in [3.8, 4) is 0 Å². The van der Waals surface area contributed by atoms with Gasteiger partial charge in [-0.3, -0.25) is 38.8 Å². The maximum atomic E-state index is 13.1. The highest BCUT2D eigenvalue weighted by Gasteiger charge is 2.43. The Kier molecular flexibility index (Phi) is 19.9. The smallest absolute Gasteiger partial charge is 0.389 e. The number of hydrogen-bond donors (Lipinski definition) is 4. The minimum Gasteiger partial charge on any atom is -0.481 e. The maximum Gasteiger partial charge on any atom is 0.389 e. The number of rotatable bonds is 18. The summed E-state index contributed by atoms with van der Waals surface area (Å²) in [6.07, 6.45) is -33.4. The van der Waals surface area contributed by atoms with Crippen LogP contribution in [0.2, 0.25) is 0 Å². The van der Waals surface area contributed by atoms with Crippen LogP contribution in [0.3, 0.4) is 0 Å². The van der Waals surface area contributed by atoms with Crippen molar-refractivity contribution in [2.24, 2.45) is 33.7 Å². The molecule has 0 bridgehead atoms. The molecule has 12 nitrogen and oxygen atoms in total. The topological polar surface area (TPSA) is 192 Å². The van der Waals surface area contributed by atoms with Crippen molar-refractivity contribution < 1.29 is 91.7 Å². The van der Waals surface area contributed by atoms with Crippen LogP contribution in [0.15, 0.2) is 119 Å². The second-order valence-electron chi connectivity index (χ2n) is 17.8. The van der Waals surface area contributed by atoms with Gasteiger partial charge in [-0.25, -0.2) is 0 Å². The molecule has 0 aromatic heterocycles. The van der Waals surface area contributed by atoms with Crippen LogP contribution >= 0.6 is 0 Å². The maximum absolute atomic E-state index is 13.1. The van der Waals surface area contributed by atoms with Crippen LogP contribution in [0.25, 0.3) is 0 Å². The van der Waals surface area contributed by atoms with Gasteiger partial charge in [-0.1, -0.05) is 109 Å². The average molecular weight is 1080 g/mol. The van der Waals surface area contributed by atoms with Crippen LogP contribution in [-0.4, -0.2) is 94.0 Å². The normalized spacial score (nSPS) is 17.6. The van der Waals surface area contributed by atoms with Gasteiger partial charge in [0.1, 0.15) is 0 Å². The second kappa shape index (κ2) is 25.4. The lowest BCUT2D eigenvalue weighted by Crippen LogP contribution is -2.46. The van der Waals surface area contributed by atoms with Crippen molar-refractivity contribution >= 4 is 46.7 Å². The zero-order chi connectivity index (χ0) is 56.2. The van der Waals surface area contributed by atoms with Crippen LogP contribution in [-0.2, 0) is 41.6 Å². The van der Waals surface area contributed by atoms with Crippen LogP contribution < -0.4 is 10.6 Å². The van der Waals surface area contributed by atoms with Gasteiger partial charge in [-0.2, -0.15) is 52.7 Å². The molecule has 4 aromatic carbocycles. The number of aliphatic carboxylic acids is 2. The number of benzene rings is 4. The van der Waals surface area contributed by atoms with E-state index in [4.69, 9.17) is 0 Å². The summed E-state index contributed by atoms with van der Waals surface area (Å²) in [5, 5.41) is 23.5. The third-order valence-electron chi connectivity index (χ3n) is 12.3. The van der Waals surface area contributed by atoms with Gasteiger partial charge in [-0.05, 0) is 36.8 Å². The van der Waals surface area contributed by atoms with Crippen molar-refractivity contribution in [2.75, 3.05) is 0 Å². The first-order valence-electron chi connectivity index (χ1n) is 23.3. The van der Waals surface area contributed by atoms with E-state index in [1.54, 1.807) is 109 Å². The number of nitrogens with one attached hydrogen (secondary N) is 2. The van der Waals surface area contributed by atoms with E-state index in [2.05, 4.69) is 20.6 Å². The largest absolute Gasteiger partial charge is 0.481 e. The fourth-order valence-corrected chi connectivity index (χ4v) is 8.58. The van der Waals surface area contributed by atoms with E-state index in [1.807, 2.05) is 0 Å². The van der Waals surface area contributed by atoms with E-state index in [0.29, 0.717) is 44.8 Å². The van der Waals surface area contributed by atoms with Crippen LogP contribution in [0.1, 0.15) is 84.7 Å². The molecule has 0 unspecified atom stereocenters. The number of carboxylic acids is 2. The minimum atomic E-state index is -4.79. The summed E-state index contributed by atoms with van der Waals surface area (Å²) in [6.45, 7) is 0. The zero-order valence-corrected chi connectivity index (χ0v) is 39.7. The number of Topliss-reactive ketones (excluding diaryl/α,β-unsaturated/α-hetero) is 2. The van der Waals surface area contributed by atoms with E-state index in [1.165, 1.54) is 0 Å². The molecular formula is C52H48F12N4O8. The molecule has 24 heteroatoms. The lowest BCUT2D eigenvalue weighted by molar-refractivity contribution is -0.159. The van der Waals surface area contributed by atoms with Crippen molar-refractivity contribution in [3.05, 3.63) is 143 Å². The van der Waals surface area contributed by atoms with Gasteiger partial charge in [0.2, 0.25) is 11.8 Å². The van der Waals surface area contributed by atoms with Crippen molar-refractivity contribution in [3.63, 3.8) is 0 Å². The summed E-state index contributed by atoms with van der Waals surface area (Å²) in [4.78, 5) is 84.6. The highest BCUT2D eigenvalue weighted by molar-refractivity contribution is 6.17. The molecule has 0 saturated carbocycles. The summed E-state index contributed by atoms with van der Waals surface area (Å²) < 4.78 is 154. The van der Waals surface area contributed by atoms with E-state index >= 15 is 0 Å². The molecule has 0 spiro atoms. The molecule has 0 aliphatic carbocycles. The summed E-state index contributed by atoms with van der Waals surface area (Å²) in [6, 6.07) is 30.8. The number of ketones is 2. The quantitative estimate of drug-likeness (QED) is 0.0708. The van der Waals surface area contributed by atoms with E-state index in [9.17, 15) is 91.7 Å². The molecule has 4 N–H and O–H groups in total. The highest BCUT2D eigenvalue weighted by Crippen LogP contribution is 2.35. The van der Waals surface area contributed by atoms with E-state index in [-0.39, 0.29) is 12.8 Å². The third kappa shape index (κ3) is 17.9. The number of nitrogens with zero attached hydrogens (tertiary/aromatic N) is 2. The van der Waals surface area contributed by atoms with Crippen LogP contribution in [0, 0.1) is 23.7 Å². The van der Waals surface area contributed by atoms with Crippen molar-refractivity contribution in [2.45, 2.75) is 101 Å². The monoisotopic (exact) mass is 1080 g/mol. The van der Waals surface area contributed by atoms with Gasteiger partial charge in [0, 0.05) is 60.8 Å². The SMILES string of the molecule is O=C1Cc2ccccc2C(c2ccccc2)=N[C@@H]1NC(=O)[C@H](CCC(F)(F)F)[C@@H](CCC(F)(F)F)C(=O)O.O=C1Cc2ccccc2C(c2ccccc2)=N[C@@H]1NC(=O)[C@H](CCC(F)(F)F)[C@H](CCC(F)(F)F)C(=O)O. The second-order valence-corrected chi connectivity index (χ2v) is 17.8. The zero-order valence-electron chi connectivity index (χ0n) is 39.7. The van der Waals surface area contributed by atoms with E-state index in [0.717, 1.165) is 0 Å². The summed E-state index contributed by atoms with van der Waals surface area (Å²) in [7, 11) is 0. The summed E-state index contributed by atoms with van der Waals surface area (Å²) >= 11 is 0. The Labute approximate surface area is 425 Å². The highest BCUT2D eigenvalue weighted by atomic mass is 19.4. The first-order chi connectivity index (χ1) is 35.5. The number of hydrogen-bond acceptors (Lipinski definition) is 8. The third-order valence-corrected chi connectivity index (χ3v) is 12.3. The number of aliphatic imine (C=N–C) groups is 2. The number of carbonyl (C=O) groups excluding carboxylic acids is 4. The van der Waals surface area contributed by atoms with Gasteiger partial charge in [-0.15, -0.1) is 0 Å². The first kappa shape index (κ1) is 59.5. The molecule has 2 heterocycles. The van der Waals surface area contributed by atoms with Gasteiger partial charge in [0.15, 0.2) is 23.9 Å². The lowest BCUT2D eigenvalue weighted by atomic mass is 9.84. The Balaban J connectivity index is 0.000000281. The predicted octanol–water partition coefficient (Wildman–Crippen LogP) is 10.2. The molecule has 2 amide bonds. The molecule has 0 radical (unpaired) electrons. The van der Waals surface area contributed by atoms with Crippen molar-refractivity contribution in [1.82, 2.24) is 10.6 Å². The molecule has 0 saturated heterocycles. The van der Waals surface area contributed by atoms with Crippen LogP contribution in [0.5, 0.6) is 0 Å². The fraction of sp³-hybridized carbons (Fsp3) is 0.385. The number of fused-ring (bicyclic) bond motifs is 2. The van der Waals surface area contributed by atoms with Crippen LogP contribution in [0.4, 0.5) is 52.7 Å². The number of halogens is 12. The van der Waals surface area contributed by atoms with Gasteiger partial charge in [0.25, 0.3) is 0 Å². The predicted molar refractivity (Wildman–Crippen MR) is 249 cm³/mol. The number of carboxylic acid groups (broad SMARTS) is 2. The Morgan fingerprint density at radius 1 is 0.447 bits per heavy atom. The minimum absolute atomic E-state index is 0.190. The number of carbonyl (C=O) groups is 6. The number of amides is 2. The fourth-order valence-electron chi connectivity index (χ4n) is 8.58. The van der Waals surface area contributed by atoms with Gasteiger partial charge >= 0.3 is 36.6 Å².